The average Bonchev–Trinajstić information content (AvgIpc) is 3.14. The molecule has 2 aliphatic heterocycles. The number of rotatable bonds is 8. The predicted octanol–water partition coefficient (Wildman–Crippen LogP) is 6.16. The van der Waals surface area contributed by atoms with Crippen molar-refractivity contribution in [1.82, 2.24) is 0 Å². The Hall–Kier alpha value is -1.17. The summed E-state index contributed by atoms with van der Waals surface area (Å²) in [5, 5.41) is 0.0697. The minimum absolute atomic E-state index is 0.0697. The van der Waals surface area contributed by atoms with Gasteiger partial charge in [0.15, 0.2) is 12.1 Å². The van der Waals surface area contributed by atoms with E-state index in [2.05, 4.69) is 53.5 Å². The first-order valence-corrected chi connectivity index (χ1v) is 18.1. The van der Waals surface area contributed by atoms with Crippen LogP contribution >= 0.6 is 0 Å². The van der Waals surface area contributed by atoms with Gasteiger partial charge in [-0.1, -0.05) is 51.1 Å². The normalized spacial score (nSPS) is 28.0. The maximum Gasteiger partial charge on any atom is 0.249 e. The zero-order chi connectivity index (χ0) is 24.7. The maximum absolute atomic E-state index is 6.51. The Morgan fingerprint density at radius 1 is 1.03 bits per heavy atom. The van der Waals surface area contributed by atoms with Gasteiger partial charge in [0.2, 0.25) is 16.6 Å². The minimum Gasteiger partial charge on any atom is -0.546 e. The Bertz CT molecular complexity index is 826. The van der Waals surface area contributed by atoms with E-state index < -0.39 is 34.8 Å². The van der Waals surface area contributed by atoms with Gasteiger partial charge in [0.1, 0.15) is 30.3 Å². The van der Waals surface area contributed by atoms with Gasteiger partial charge in [-0.2, -0.15) is 0 Å². The van der Waals surface area contributed by atoms with Crippen LogP contribution in [0.2, 0.25) is 37.8 Å². The molecule has 8 heteroatoms. The largest absolute Gasteiger partial charge is 0.546 e. The molecule has 0 unspecified atom stereocenters. The summed E-state index contributed by atoms with van der Waals surface area (Å²) in [7, 11) is -4.00. The van der Waals surface area contributed by atoms with E-state index in [0.717, 1.165) is 5.56 Å². The van der Waals surface area contributed by atoms with Gasteiger partial charge in [-0.25, -0.2) is 0 Å². The molecule has 6 nitrogen and oxygen atoms in total. The standard InChI is InChI=1S/C25H42O6Si2/c1-24(2,3)33(9,10)27-17-19(31-32(6,7)8)20-21(26-16-18-14-12-11-13-15-18)22-23(28-20)30-25(4,5)29-22/h11-15,17,20-23H,16H2,1-10H3/b19-17+/t20-,21+,22-,23-/m1/s1. The molecule has 2 heterocycles. The quantitative estimate of drug-likeness (QED) is 0.318. The van der Waals surface area contributed by atoms with Gasteiger partial charge in [0.05, 0.1) is 6.61 Å². The van der Waals surface area contributed by atoms with Crippen LogP contribution in [0.4, 0.5) is 0 Å². The summed E-state index contributed by atoms with van der Waals surface area (Å²) >= 11 is 0. The molecule has 2 saturated heterocycles. The molecule has 1 aromatic carbocycles. The lowest BCUT2D eigenvalue weighted by atomic mass is 10.1. The zero-order valence-corrected chi connectivity index (χ0v) is 23.9. The van der Waals surface area contributed by atoms with Crippen LogP contribution in [-0.2, 0) is 34.4 Å². The van der Waals surface area contributed by atoms with Crippen LogP contribution in [0.1, 0.15) is 40.2 Å². The van der Waals surface area contributed by atoms with E-state index in [9.17, 15) is 0 Å². The van der Waals surface area contributed by atoms with Crippen molar-refractivity contribution >= 4 is 16.6 Å². The highest BCUT2D eigenvalue weighted by atomic mass is 28.4. The van der Waals surface area contributed by atoms with Gasteiger partial charge in [-0.05, 0) is 57.2 Å². The van der Waals surface area contributed by atoms with E-state index in [1.807, 2.05) is 44.2 Å². The van der Waals surface area contributed by atoms with Crippen molar-refractivity contribution in [2.45, 2.75) is 109 Å². The lowest BCUT2D eigenvalue weighted by molar-refractivity contribution is -0.217. The molecule has 0 radical (unpaired) electrons. The van der Waals surface area contributed by atoms with Crippen LogP contribution < -0.4 is 0 Å². The smallest absolute Gasteiger partial charge is 0.249 e. The summed E-state index contributed by atoms with van der Waals surface area (Å²) in [5.74, 6) is -0.0630. The molecule has 0 saturated carbocycles. The van der Waals surface area contributed by atoms with Crippen molar-refractivity contribution < 1.29 is 27.8 Å². The average molecular weight is 495 g/mol. The zero-order valence-electron chi connectivity index (χ0n) is 21.9. The third-order valence-corrected chi connectivity index (χ3v) is 11.4. The van der Waals surface area contributed by atoms with Crippen molar-refractivity contribution in [3.05, 3.63) is 47.9 Å². The first-order chi connectivity index (χ1) is 15.1. The van der Waals surface area contributed by atoms with Crippen LogP contribution in [0, 0.1) is 0 Å². The molecule has 0 N–H and O–H groups in total. The summed E-state index contributed by atoms with van der Waals surface area (Å²) in [6, 6.07) is 10.1. The van der Waals surface area contributed by atoms with Gasteiger partial charge in [-0.15, -0.1) is 0 Å². The molecular formula is C25H42O6Si2. The highest BCUT2D eigenvalue weighted by molar-refractivity contribution is 6.74. The highest BCUT2D eigenvalue weighted by Gasteiger charge is 2.57. The molecule has 1 aromatic rings. The molecule has 0 bridgehead atoms. The fourth-order valence-electron chi connectivity index (χ4n) is 3.54. The lowest BCUT2D eigenvalue weighted by Crippen LogP contribution is -2.42. The Morgan fingerprint density at radius 3 is 2.24 bits per heavy atom. The highest BCUT2D eigenvalue weighted by Crippen LogP contribution is 2.42. The topological polar surface area (TPSA) is 55.4 Å². The van der Waals surface area contributed by atoms with E-state index in [0.29, 0.717) is 12.4 Å². The second-order valence-corrected chi connectivity index (χ2v) is 21.1. The third kappa shape index (κ3) is 6.70. The lowest BCUT2D eigenvalue weighted by Gasteiger charge is -2.36. The molecule has 33 heavy (non-hydrogen) atoms. The van der Waals surface area contributed by atoms with Gasteiger partial charge in [-0.3, -0.25) is 0 Å². The number of benzene rings is 1. The number of fused-ring (bicyclic) bond motifs is 1. The molecule has 4 atom stereocenters. The van der Waals surface area contributed by atoms with Crippen LogP contribution in [0.25, 0.3) is 0 Å². The van der Waals surface area contributed by atoms with E-state index >= 15 is 0 Å². The molecule has 0 spiro atoms. The fraction of sp³-hybridized carbons (Fsp3) is 0.680. The Morgan fingerprint density at radius 2 is 1.67 bits per heavy atom. The molecule has 0 aromatic heterocycles. The summed E-state index contributed by atoms with van der Waals surface area (Å²) in [6.07, 6.45) is 0.0484. The second kappa shape index (κ2) is 9.47. The molecular weight excluding hydrogens is 452 g/mol. The summed E-state index contributed by atoms with van der Waals surface area (Å²) in [5.41, 5.74) is 1.09. The van der Waals surface area contributed by atoms with E-state index in [4.69, 9.17) is 27.8 Å². The van der Waals surface area contributed by atoms with E-state index in [1.165, 1.54) is 0 Å². The van der Waals surface area contributed by atoms with E-state index in [-0.39, 0.29) is 17.2 Å². The first-order valence-electron chi connectivity index (χ1n) is 11.8. The Balaban J connectivity index is 1.89. The molecule has 3 rings (SSSR count). The van der Waals surface area contributed by atoms with Crippen LogP contribution in [-0.4, -0.2) is 47.0 Å². The number of hydrogen-bond acceptors (Lipinski definition) is 6. The molecule has 0 amide bonds. The number of ether oxygens (including phenoxy) is 4. The van der Waals surface area contributed by atoms with Gasteiger partial charge in [0, 0.05) is 0 Å². The summed E-state index contributed by atoms with van der Waals surface area (Å²) in [4.78, 5) is 0. The maximum atomic E-state index is 6.51. The first kappa shape index (κ1) is 26.4. The monoisotopic (exact) mass is 494 g/mol. The van der Waals surface area contributed by atoms with Crippen LogP contribution in [0.15, 0.2) is 42.4 Å². The molecule has 2 aliphatic rings. The minimum atomic E-state index is -2.04. The summed E-state index contributed by atoms with van der Waals surface area (Å²) < 4.78 is 38.0. The molecule has 2 fully saturated rings. The van der Waals surface area contributed by atoms with Gasteiger partial charge in [0.25, 0.3) is 0 Å². The fourth-order valence-corrected chi connectivity index (χ4v) is 5.18. The third-order valence-electron chi connectivity index (χ3n) is 6.26. The van der Waals surface area contributed by atoms with Gasteiger partial charge < -0.3 is 27.8 Å². The van der Waals surface area contributed by atoms with Crippen LogP contribution in [0.5, 0.6) is 0 Å². The van der Waals surface area contributed by atoms with Crippen molar-refractivity contribution in [1.29, 1.82) is 0 Å². The van der Waals surface area contributed by atoms with Crippen molar-refractivity contribution in [3.8, 4) is 0 Å². The second-order valence-electron chi connectivity index (χ2n) is 11.9. The van der Waals surface area contributed by atoms with Crippen molar-refractivity contribution in [2.24, 2.45) is 0 Å². The SMILES string of the molecule is CC1(C)O[C@H]2O[C@H](/C(=C\O[Si](C)(C)C(C)(C)C)O[Si](C)(C)C)[C@H](OCc3ccccc3)[C@H]2O1. The van der Waals surface area contributed by atoms with Crippen molar-refractivity contribution in [2.75, 3.05) is 0 Å². The summed E-state index contributed by atoms with van der Waals surface area (Å²) in [6.45, 7) is 21.8. The molecule has 186 valence electrons. The van der Waals surface area contributed by atoms with Crippen LogP contribution in [0.3, 0.4) is 0 Å². The van der Waals surface area contributed by atoms with Crippen molar-refractivity contribution in [3.63, 3.8) is 0 Å². The molecule has 0 aliphatic carbocycles. The van der Waals surface area contributed by atoms with E-state index in [1.54, 1.807) is 6.26 Å². The van der Waals surface area contributed by atoms with Gasteiger partial charge >= 0.3 is 0 Å². The predicted molar refractivity (Wildman–Crippen MR) is 135 cm³/mol. The number of hydrogen-bond donors (Lipinski definition) is 0. The Labute approximate surface area is 201 Å². The Kier molecular flexibility index (Phi) is 7.59.